The Morgan fingerprint density at radius 2 is 1.62 bits per heavy atom. The Morgan fingerprint density at radius 3 is 2.29 bits per heavy atom. The van der Waals surface area contributed by atoms with Gasteiger partial charge in [0, 0.05) is 67.9 Å². The van der Waals surface area contributed by atoms with Crippen molar-refractivity contribution >= 4 is 47.1 Å². The van der Waals surface area contributed by atoms with E-state index in [-0.39, 0.29) is 42.0 Å². The lowest BCUT2D eigenvalue weighted by Crippen LogP contribution is -2.74. The van der Waals surface area contributed by atoms with Gasteiger partial charge in [0.15, 0.2) is 0 Å². The van der Waals surface area contributed by atoms with E-state index in [1.807, 2.05) is 0 Å². The highest BCUT2D eigenvalue weighted by Crippen LogP contribution is 2.55. The second-order valence-corrected chi connectivity index (χ2v) is 16.9. The lowest BCUT2D eigenvalue weighted by atomic mass is 9.49. The SMILES string of the molecule is CC1(C)C(NC(=O)c2cnc(N3CCN(CCCCCOc4ccc5c(c4)C(=O)N(C4CCC(=O)NC4=O)C5=O)CC3)nc2)C(C)(C)C1Oc1ccc(C#N)c(Cl)c1. The summed E-state index contributed by atoms with van der Waals surface area (Å²) in [5.41, 5.74) is 0.407. The van der Waals surface area contributed by atoms with E-state index in [0.29, 0.717) is 40.2 Å². The fraction of sp³-hybridized carbons (Fsp3) is 0.476. The van der Waals surface area contributed by atoms with Crippen molar-refractivity contribution in [2.75, 3.05) is 44.2 Å². The largest absolute Gasteiger partial charge is 0.494 e. The highest BCUT2D eigenvalue weighted by Gasteiger charge is 2.64. The maximum absolute atomic E-state index is 13.4. The van der Waals surface area contributed by atoms with E-state index in [2.05, 4.69) is 64.2 Å². The van der Waals surface area contributed by atoms with Crippen LogP contribution in [-0.4, -0.2) is 107 Å². The molecule has 3 aromatic rings. The number of nitrogens with zero attached hydrogens (tertiary/aromatic N) is 6. The molecule has 304 valence electrons. The minimum absolute atomic E-state index is 0.0698. The Hall–Kier alpha value is -5.59. The molecule has 0 radical (unpaired) electrons. The fourth-order valence-corrected chi connectivity index (χ4v) is 9.14. The van der Waals surface area contributed by atoms with Gasteiger partial charge in [-0.3, -0.25) is 39.1 Å². The van der Waals surface area contributed by atoms with E-state index in [1.54, 1.807) is 48.8 Å². The van der Waals surface area contributed by atoms with Gasteiger partial charge in [-0.15, -0.1) is 0 Å². The Labute approximate surface area is 342 Å². The van der Waals surface area contributed by atoms with E-state index >= 15 is 0 Å². The number of amides is 5. The number of unbranched alkanes of at least 4 members (excludes halogenated alkanes) is 2. The normalized spacial score (nSPS) is 22.4. The van der Waals surface area contributed by atoms with Gasteiger partial charge in [0.25, 0.3) is 17.7 Å². The van der Waals surface area contributed by atoms with E-state index < -0.39 is 40.5 Å². The first kappa shape index (κ1) is 40.6. The first-order valence-corrected chi connectivity index (χ1v) is 20.0. The number of carbonyl (C=O) groups is 5. The molecule has 0 bridgehead atoms. The average molecular weight is 811 g/mol. The summed E-state index contributed by atoms with van der Waals surface area (Å²) in [5, 5.41) is 14.9. The molecule has 2 aromatic carbocycles. The van der Waals surface area contributed by atoms with Crippen molar-refractivity contribution in [2.24, 2.45) is 10.8 Å². The molecular weight excluding hydrogens is 764 g/mol. The summed E-state index contributed by atoms with van der Waals surface area (Å²) in [6.45, 7) is 12.9. The number of nitrogens with one attached hydrogen (secondary N) is 2. The van der Waals surface area contributed by atoms with Gasteiger partial charge in [0.05, 0.1) is 33.9 Å². The van der Waals surface area contributed by atoms with Crippen molar-refractivity contribution in [1.82, 2.24) is 30.4 Å². The number of imide groups is 2. The van der Waals surface area contributed by atoms with Crippen LogP contribution in [0, 0.1) is 22.2 Å². The van der Waals surface area contributed by atoms with Crippen LogP contribution in [0.3, 0.4) is 0 Å². The summed E-state index contributed by atoms with van der Waals surface area (Å²) >= 11 is 6.23. The molecule has 1 atom stereocenters. The second kappa shape index (κ2) is 16.3. The number of fused-ring (bicyclic) bond motifs is 1. The van der Waals surface area contributed by atoms with Crippen LogP contribution in [-0.2, 0) is 9.59 Å². The van der Waals surface area contributed by atoms with Gasteiger partial charge in [-0.05, 0) is 62.6 Å². The molecular formula is C42H47ClN8O7. The zero-order valence-corrected chi connectivity index (χ0v) is 33.8. The highest BCUT2D eigenvalue weighted by molar-refractivity contribution is 6.31. The summed E-state index contributed by atoms with van der Waals surface area (Å²) in [4.78, 5) is 77.8. The summed E-state index contributed by atoms with van der Waals surface area (Å²) < 4.78 is 12.2. The predicted octanol–water partition coefficient (Wildman–Crippen LogP) is 4.39. The summed E-state index contributed by atoms with van der Waals surface area (Å²) in [6.07, 6.45) is 5.88. The number of piperidine rings is 1. The summed E-state index contributed by atoms with van der Waals surface area (Å²) in [5.74, 6) is -0.745. The third-order valence-electron chi connectivity index (χ3n) is 11.8. The van der Waals surface area contributed by atoms with Crippen LogP contribution < -0.4 is 25.0 Å². The smallest absolute Gasteiger partial charge is 0.262 e. The van der Waals surface area contributed by atoms with Crippen molar-refractivity contribution in [3.8, 4) is 17.6 Å². The zero-order chi connectivity index (χ0) is 41.4. The van der Waals surface area contributed by atoms with Gasteiger partial charge in [-0.25, -0.2) is 9.97 Å². The third kappa shape index (κ3) is 7.95. The number of piperazine rings is 1. The van der Waals surface area contributed by atoms with E-state index in [9.17, 15) is 29.2 Å². The number of hydrogen-bond donors (Lipinski definition) is 2. The molecule has 1 unspecified atom stereocenters. The van der Waals surface area contributed by atoms with E-state index in [0.717, 1.165) is 56.9 Å². The van der Waals surface area contributed by atoms with Crippen LogP contribution in [0.15, 0.2) is 48.8 Å². The maximum Gasteiger partial charge on any atom is 0.262 e. The number of hydrogen-bond acceptors (Lipinski definition) is 12. The van der Waals surface area contributed by atoms with Crippen LogP contribution in [0.25, 0.3) is 0 Å². The maximum atomic E-state index is 13.4. The quantitative estimate of drug-likeness (QED) is 0.184. The van der Waals surface area contributed by atoms with Crippen LogP contribution in [0.4, 0.5) is 5.95 Å². The molecule has 2 saturated heterocycles. The van der Waals surface area contributed by atoms with Gasteiger partial charge in [0.1, 0.15) is 29.7 Å². The molecule has 2 N–H and O–H groups in total. The molecule has 1 aromatic heterocycles. The number of anilines is 1. The first-order valence-electron chi connectivity index (χ1n) is 19.6. The lowest BCUT2D eigenvalue weighted by molar-refractivity contribution is -0.164. The van der Waals surface area contributed by atoms with Crippen molar-refractivity contribution in [3.05, 3.63) is 76.1 Å². The van der Waals surface area contributed by atoms with Crippen molar-refractivity contribution in [1.29, 1.82) is 5.26 Å². The molecule has 4 aliphatic rings. The fourth-order valence-electron chi connectivity index (χ4n) is 8.93. The van der Waals surface area contributed by atoms with Crippen LogP contribution in [0.5, 0.6) is 11.5 Å². The number of halogens is 1. The highest BCUT2D eigenvalue weighted by atomic mass is 35.5. The minimum Gasteiger partial charge on any atom is -0.494 e. The van der Waals surface area contributed by atoms with Crippen molar-refractivity contribution in [3.63, 3.8) is 0 Å². The molecule has 5 amide bonds. The average Bonchev–Trinajstić information content (AvgIpc) is 3.45. The molecule has 7 rings (SSSR count). The van der Waals surface area contributed by atoms with Crippen molar-refractivity contribution in [2.45, 2.75) is 78.0 Å². The topological polar surface area (TPSA) is 187 Å². The molecule has 0 spiro atoms. The summed E-state index contributed by atoms with van der Waals surface area (Å²) in [6, 6.07) is 10.7. The zero-order valence-electron chi connectivity index (χ0n) is 33.0. The number of rotatable bonds is 13. The predicted molar refractivity (Wildman–Crippen MR) is 213 cm³/mol. The number of aromatic nitrogens is 2. The first-order chi connectivity index (χ1) is 27.7. The number of ether oxygens (including phenoxy) is 2. The molecule has 1 aliphatic carbocycles. The Balaban J connectivity index is 0.807. The molecule has 58 heavy (non-hydrogen) atoms. The van der Waals surface area contributed by atoms with Gasteiger partial charge >= 0.3 is 0 Å². The number of carbonyl (C=O) groups excluding carboxylic acids is 5. The molecule has 15 nitrogen and oxygen atoms in total. The number of benzene rings is 2. The molecule has 16 heteroatoms. The van der Waals surface area contributed by atoms with Gasteiger partial charge in [-0.1, -0.05) is 39.3 Å². The molecule has 3 aliphatic heterocycles. The van der Waals surface area contributed by atoms with Crippen LogP contribution >= 0.6 is 11.6 Å². The minimum atomic E-state index is -1.00. The second-order valence-electron chi connectivity index (χ2n) is 16.5. The van der Waals surface area contributed by atoms with Crippen LogP contribution in [0.2, 0.25) is 5.02 Å². The van der Waals surface area contributed by atoms with Gasteiger partial charge in [-0.2, -0.15) is 5.26 Å². The third-order valence-corrected chi connectivity index (χ3v) is 12.1. The summed E-state index contributed by atoms with van der Waals surface area (Å²) in [7, 11) is 0. The Kier molecular flexibility index (Phi) is 11.4. The lowest BCUT2D eigenvalue weighted by Gasteiger charge is -2.63. The Morgan fingerprint density at radius 1 is 0.931 bits per heavy atom. The monoisotopic (exact) mass is 810 g/mol. The van der Waals surface area contributed by atoms with Crippen molar-refractivity contribution < 1.29 is 33.4 Å². The Bertz CT molecular complexity index is 2150. The van der Waals surface area contributed by atoms with Gasteiger partial charge in [0.2, 0.25) is 17.8 Å². The standard InChI is InChI=1S/C42H47ClN8O7/c1-41(2)38(42(3,4)39(41)58-28-9-8-25(22-44)31(43)21-28)48-34(53)26-23-45-40(46-24-26)50-17-15-49(16-18-50)14-6-5-7-19-57-27-10-11-29-30(20-27)37(56)51(36(29)55)32-12-13-33(52)47-35(32)54/h8-11,20-21,23-24,32,38-39H,5-7,12-19H2,1-4H3,(H,48,53)(H,47,52,54). The van der Waals surface area contributed by atoms with E-state index in [4.69, 9.17) is 21.1 Å². The van der Waals surface area contributed by atoms with Gasteiger partial charge < -0.3 is 19.7 Å². The van der Waals surface area contributed by atoms with E-state index in [1.165, 1.54) is 0 Å². The molecule has 1 saturated carbocycles. The number of nitriles is 1. The molecule has 3 fully saturated rings. The van der Waals surface area contributed by atoms with Crippen LogP contribution in [0.1, 0.15) is 96.4 Å². The molecule has 4 heterocycles.